The molecule has 0 atom stereocenters. The Balaban J connectivity index is 1.80. The normalized spacial score (nSPS) is 14.6. The number of aliphatic hydroxyl groups is 1. The van der Waals surface area contributed by atoms with Gasteiger partial charge in [-0.3, -0.25) is 0 Å². The third kappa shape index (κ3) is 2.59. The molecular formula is C15H20N2O2. The first-order chi connectivity index (χ1) is 9.38. The topological polar surface area (TPSA) is 51.2 Å². The van der Waals surface area contributed by atoms with Crippen molar-refractivity contribution in [1.82, 2.24) is 9.55 Å². The van der Waals surface area contributed by atoms with E-state index >= 15 is 0 Å². The fraction of sp³-hybridized carbons (Fsp3) is 0.533. The van der Waals surface area contributed by atoms with Gasteiger partial charge in [0.15, 0.2) is 0 Å². The Kier molecular flexibility index (Phi) is 3.69. The lowest BCUT2D eigenvalue weighted by atomic mass is 10.1. The van der Waals surface area contributed by atoms with Gasteiger partial charge < -0.3 is 14.1 Å². The van der Waals surface area contributed by atoms with Crippen LogP contribution in [0, 0.1) is 0 Å². The van der Waals surface area contributed by atoms with Crippen LogP contribution in [-0.2, 0) is 32.2 Å². The molecule has 0 radical (unpaired) electrons. The molecular weight excluding hydrogens is 240 g/mol. The van der Waals surface area contributed by atoms with E-state index < -0.39 is 0 Å². The summed E-state index contributed by atoms with van der Waals surface area (Å²) < 4.78 is 7.74. The van der Waals surface area contributed by atoms with Crippen LogP contribution in [-0.4, -0.2) is 21.3 Å². The van der Waals surface area contributed by atoms with Gasteiger partial charge in [-0.15, -0.1) is 0 Å². The highest BCUT2D eigenvalue weighted by molar-refractivity contribution is 5.20. The number of aromatic nitrogens is 2. The smallest absolute Gasteiger partial charge is 0.109 e. The second-order valence-electron chi connectivity index (χ2n) is 5.08. The van der Waals surface area contributed by atoms with Gasteiger partial charge in [0, 0.05) is 38.1 Å². The summed E-state index contributed by atoms with van der Waals surface area (Å²) in [6, 6.07) is 3.93. The third-order valence-corrected chi connectivity index (χ3v) is 3.80. The lowest BCUT2D eigenvalue weighted by Gasteiger charge is -2.17. The van der Waals surface area contributed by atoms with Crippen molar-refractivity contribution in [3.05, 3.63) is 41.4 Å². The number of hydrogen-bond acceptors (Lipinski definition) is 3. The molecule has 0 aliphatic carbocycles. The van der Waals surface area contributed by atoms with Crippen LogP contribution in [0.5, 0.6) is 0 Å². The molecule has 3 rings (SSSR count). The van der Waals surface area contributed by atoms with Crippen molar-refractivity contribution in [2.45, 2.75) is 45.1 Å². The maximum Gasteiger partial charge on any atom is 0.109 e. The first kappa shape index (κ1) is 12.5. The van der Waals surface area contributed by atoms with E-state index in [1.165, 1.54) is 18.5 Å². The van der Waals surface area contributed by atoms with E-state index in [-0.39, 0.29) is 6.61 Å². The van der Waals surface area contributed by atoms with Gasteiger partial charge in [-0.25, -0.2) is 4.98 Å². The lowest BCUT2D eigenvalue weighted by Crippen LogP contribution is -2.14. The summed E-state index contributed by atoms with van der Waals surface area (Å²) in [6.45, 7) is 1.25. The third-order valence-electron chi connectivity index (χ3n) is 3.80. The molecule has 102 valence electrons. The predicted molar refractivity (Wildman–Crippen MR) is 72.1 cm³/mol. The number of nitrogens with zero attached hydrogens (tertiary/aromatic N) is 2. The van der Waals surface area contributed by atoms with Crippen molar-refractivity contribution in [2.75, 3.05) is 6.61 Å². The minimum absolute atomic E-state index is 0.182. The molecule has 1 aliphatic rings. The molecule has 2 aromatic heterocycles. The first-order valence-electron chi connectivity index (χ1n) is 7.09. The van der Waals surface area contributed by atoms with Crippen LogP contribution in [0.2, 0.25) is 0 Å². The van der Waals surface area contributed by atoms with E-state index in [0.29, 0.717) is 6.42 Å². The molecule has 19 heavy (non-hydrogen) atoms. The standard InChI is InChI=1S/C15H20N2O2/c18-10-8-13-14-5-1-2-9-17(14)15(16-13)7-6-12-4-3-11-19-12/h3-4,11,18H,1-2,5-10H2. The summed E-state index contributed by atoms with van der Waals surface area (Å²) >= 11 is 0. The summed E-state index contributed by atoms with van der Waals surface area (Å²) in [7, 11) is 0. The Hall–Kier alpha value is -1.55. The minimum atomic E-state index is 0.182. The Morgan fingerprint density at radius 3 is 3.00 bits per heavy atom. The second kappa shape index (κ2) is 5.61. The van der Waals surface area contributed by atoms with Gasteiger partial charge in [0.1, 0.15) is 11.6 Å². The van der Waals surface area contributed by atoms with Gasteiger partial charge in [0.25, 0.3) is 0 Å². The van der Waals surface area contributed by atoms with E-state index in [0.717, 1.165) is 43.1 Å². The molecule has 0 unspecified atom stereocenters. The van der Waals surface area contributed by atoms with Crippen LogP contribution in [0.15, 0.2) is 22.8 Å². The number of hydrogen-bond donors (Lipinski definition) is 1. The van der Waals surface area contributed by atoms with Crippen LogP contribution < -0.4 is 0 Å². The fourth-order valence-electron chi connectivity index (χ4n) is 2.88. The molecule has 0 fully saturated rings. The number of rotatable bonds is 5. The molecule has 4 nitrogen and oxygen atoms in total. The molecule has 4 heteroatoms. The Bertz CT molecular complexity index is 529. The zero-order valence-electron chi connectivity index (χ0n) is 11.1. The number of imidazole rings is 1. The number of fused-ring (bicyclic) bond motifs is 1. The van der Waals surface area contributed by atoms with Crippen molar-refractivity contribution in [3.63, 3.8) is 0 Å². The van der Waals surface area contributed by atoms with Crippen molar-refractivity contribution >= 4 is 0 Å². The molecule has 0 saturated heterocycles. The first-order valence-corrected chi connectivity index (χ1v) is 7.09. The van der Waals surface area contributed by atoms with Crippen molar-refractivity contribution in [1.29, 1.82) is 0 Å². The van der Waals surface area contributed by atoms with E-state index in [4.69, 9.17) is 14.5 Å². The Labute approximate surface area is 113 Å². The highest BCUT2D eigenvalue weighted by Gasteiger charge is 2.19. The molecule has 0 bridgehead atoms. The van der Waals surface area contributed by atoms with Gasteiger partial charge in [-0.1, -0.05) is 0 Å². The summed E-state index contributed by atoms with van der Waals surface area (Å²) in [6.07, 6.45) is 7.76. The molecule has 0 aromatic carbocycles. The predicted octanol–water partition coefficient (Wildman–Crippen LogP) is 2.13. The van der Waals surface area contributed by atoms with E-state index in [1.54, 1.807) is 6.26 Å². The fourth-order valence-corrected chi connectivity index (χ4v) is 2.88. The van der Waals surface area contributed by atoms with Gasteiger partial charge in [0.05, 0.1) is 12.0 Å². The molecule has 1 aliphatic heterocycles. The van der Waals surface area contributed by atoms with Crippen molar-refractivity contribution in [3.8, 4) is 0 Å². The average molecular weight is 260 g/mol. The van der Waals surface area contributed by atoms with Crippen LogP contribution in [0.25, 0.3) is 0 Å². The SMILES string of the molecule is OCCc1nc(CCc2ccco2)n2c1CCCC2. The van der Waals surface area contributed by atoms with Gasteiger partial charge >= 0.3 is 0 Å². The number of aliphatic hydroxyl groups excluding tert-OH is 1. The van der Waals surface area contributed by atoms with Gasteiger partial charge in [-0.2, -0.15) is 0 Å². The van der Waals surface area contributed by atoms with E-state index in [2.05, 4.69) is 4.57 Å². The average Bonchev–Trinajstić information content (AvgIpc) is 3.06. The van der Waals surface area contributed by atoms with Crippen LogP contribution in [0.3, 0.4) is 0 Å². The number of furan rings is 1. The maximum absolute atomic E-state index is 9.15. The van der Waals surface area contributed by atoms with Gasteiger partial charge in [-0.05, 0) is 31.4 Å². The van der Waals surface area contributed by atoms with E-state index in [9.17, 15) is 0 Å². The molecule has 0 amide bonds. The lowest BCUT2D eigenvalue weighted by molar-refractivity contribution is 0.297. The zero-order chi connectivity index (χ0) is 13.1. The Morgan fingerprint density at radius 1 is 1.26 bits per heavy atom. The van der Waals surface area contributed by atoms with Gasteiger partial charge in [0.2, 0.25) is 0 Å². The molecule has 0 saturated carbocycles. The van der Waals surface area contributed by atoms with Crippen molar-refractivity contribution in [2.24, 2.45) is 0 Å². The maximum atomic E-state index is 9.15. The highest BCUT2D eigenvalue weighted by Crippen LogP contribution is 2.22. The summed E-state index contributed by atoms with van der Waals surface area (Å²) in [4.78, 5) is 4.74. The molecule has 0 spiro atoms. The monoisotopic (exact) mass is 260 g/mol. The summed E-state index contributed by atoms with van der Waals surface area (Å²) in [5.74, 6) is 2.16. The van der Waals surface area contributed by atoms with Crippen LogP contribution >= 0.6 is 0 Å². The van der Waals surface area contributed by atoms with Crippen LogP contribution in [0.4, 0.5) is 0 Å². The highest BCUT2D eigenvalue weighted by atomic mass is 16.3. The largest absolute Gasteiger partial charge is 0.469 e. The molecule has 1 N–H and O–H groups in total. The minimum Gasteiger partial charge on any atom is -0.469 e. The quantitative estimate of drug-likeness (QED) is 0.896. The van der Waals surface area contributed by atoms with Crippen LogP contribution in [0.1, 0.15) is 35.8 Å². The van der Waals surface area contributed by atoms with E-state index in [1.807, 2.05) is 12.1 Å². The summed E-state index contributed by atoms with van der Waals surface area (Å²) in [5.41, 5.74) is 2.44. The molecule has 2 aromatic rings. The van der Waals surface area contributed by atoms with Crippen molar-refractivity contribution < 1.29 is 9.52 Å². The number of aryl methyl sites for hydroxylation is 2. The zero-order valence-corrected chi connectivity index (χ0v) is 11.1. The molecule has 3 heterocycles. The Morgan fingerprint density at radius 2 is 2.21 bits per heavy atom. The second-order valence-corrected chi connectivity index (χ2v) is 5.08. The summed E-state index contributed by atoms with van der Waals surface area (Å²) in [5, 5.41) is 9.15.